The van der Waals surface area contributed by atoms with Crippen LogP contribution in [0.4, 0.5) is 0 Å². The Bertz CT molecular complexity index is 434. The minimum absolute atomic E-state index is 0.0693. The third-order valence-corrected chi connectivity index (χ3v) is 8.62. The fourth-order valence-corrected chi connectivity index (χ4v) is 5.47. The van der Waals surface area contributed by atoms with Gasteiger partial charge in [-0.25, -0.2) is 0 Å². The van der Waals surface area contributed by atoms with Crippen LogP contribution in [0.5, 0.6) is 0 Å². The van der Waals surface area contributed by atoms with Crippen molar-refractivity contribution in [3.05, 3.63) is 38.4 Å². The van der Waals surface area contributed by atoms with Crippen molar-refractivity contribution in [1.82, 2.24) is 0 Å². The van der Waals surface area contributed by atoms with Gasteiger partial charge in [-0.15, -0.1) is 22.7 Å². The van der Waals surface area contributed by atoms with Crippen LogP contribution in [0.2, 0.25) is 0 Å². The molecule has 2 N–H and O–H groups in total. The van der Waals surface area contributed by atoms with Crippen LogP contribution in [0, 0.1) is 0 Å². The maximum atomic E-state index is 6.22. The lowest BCUT2D eigenvalue weighted by molar-refractivity contribution is 0.916. The molecule has 0 unspecified atom stereocenters. The summed E-state index contributed by atoms with van der Waals surface area (Å²) in [5, 5.41) is 0. The van der Waals surface area contributed by atoms with E-state index >= 15 is 0 Å². The van der Waals surface area contributed by atoms with Crippen molar-refractivity contribution >= 4 is 86.4 Å². The van der Waals surface area contributed by atoms with Crippen LogP contribution < -0.4 is 5.73 Å². The molecule has 0 amide bonds. The SMILES string of the molecule is NC(c1cc(Br)c(Br)s1)c1cc(Br)c(Br)s1. The third-order valence-electron chi connectivity index (χ3n) is 1.94. The highest BCUT2D eigenvalue weighted by molar-refractivity contribution is 9.13. The molecule has 0 saturated heterocycles. The lowest BCUT2D eigenvalue weighted by Gasteiger charge is -2.05. The molecular formula is C9H5Br4NS2. The standard InChI is InChI=1S/C9H5Br4NS2/c10-3-1-5(15-8(3)12)7(14)6-2-4(11)9(13)16-6/h1-2,7H,14H2. The van der Waals surface area contributed by atoms with Crippen LogP contribution >= 0.6 is 86.4 Å². The monoisotopic (exact) mass is 507 g/mol. The van der Waals surface area contributed by atoms with Crippen LogP contribution in [0.1, 0.15) is 15.8 Å². The molecule has 16 heavy (non-hydrogen) atoms. The Morgan fingerprint density at radius 1 is 0.875 bits per heavy atom. The zero-order valence-electron chi connectivity index (χ0n) is 7.64. The quantitative estimate of drug-likeness (QED) is 0.534. The van der Waals surface area contributed by atoms with E-state index in [1.807, 2.05) is 0 Å². The Morgan fingerprint density at radius 3 is 1.50 bits per heavy atom. The average Bonchev–Trinajstić information content (AvgIpc) is 2.72. The van der Waals surface area contributed by atoms with Crippen LogP contribution in [0.15, 0.2) is 28.7 Å². The molecule has 1 nitrogen and oxygen atoms in total. The van der Waals surface area contributed by atoms with Gasteiger partial charge in [-0.1, -0.05) is 0 Å². The maximum Gasteiger partial charge on any atom is 0.0843 e. The summed E-state index contributed by atoms with van der Waals surface area (Å²) < 4.78 is 4.26. The Balaban J connectivity index is 2.34. The second-order valence-corrected chi connectivity index (χ2v) is 9.53. The normalized spacial score (nSPS) is 11.4. The Labute approximate surface area is 135 Å². The van der Waals surface area contributed by atoms with Crippen molar-refractivity contribution in [2.24, 2.45) is 5.73 Å². The number of rotatable bonds is 2. The largest absolute Gasteiger partial charge is 0.319 e. The molecule has 0 atom stereocenters. The molecule has 0 aliphatic rings. The van der Waals surface area contributed by atoms with Gasteiger partial charge in [0, 0.05) is 18.7 Å². The van der Waals surface area contributed by atoms with Crippen LogP contribution in [-0.2, 0) is 0 Å². The summed E-state index contributed by atoms with van der Waals surface area (Å²) in [5.74, 6) is 0. The van der Waals surface area contributed by atoms with Crippen molar-refractivity contribution in [3.63, 3.8) is 0 Å². The zero-order valence-corrected chi connectivity index (χ0v) is 15.6. The molecule has 2 aromatic heterocycles. The summed E-state index contributed by atoms with van der Waals surface area (Å²) in [5.41, 5.74) is 6.22. The first kappa shape index (κ1) is 13.7. The van der Waals surface area contributed by atoms with Gasteiger partial charge in [0.1, 0.15) is 0 Å². The summed E-state index contributed by atoms with van der Waals surface area (Å²) in [6, 6.07) is 4.04. The number of halogens is 4. The molecule has 2 rings (SSSR count). The molecule has 0 bridgehead atoms. The maximum absolute atomic E-state index is 6.22. The van der Waals surface area contributed by atoms with Crippen LogP contribution in [-0.4, -0.2) is 0 Å². The zero-order chi connectivity index (χ0) is 11.9. The van der Waals surface area contributed by atoms with Crippen molar-refractivity contribution in [1.29, 1.82) is 0 Å². The molecular weight excluding hydrogens is 506 g/mol. The molecule has 0 spiro atoms. The molecule has 2 heterocycles. The van der Waals surface area contributed by atoms with Crippen LogP contribution in [0.3, 0.4) is 0 Å². The van der Waals surface area contributed by atoms with Crippen molar-refractivity contribution in [2.75, 3.05) is 0 Å². The van der Waals surface area contributed by atoms with Gasteiger partial charge in [0.05, 0.1) is 13.6 Å². The van der Waals surface area contributed by atoms with Gasteiger partial charge in [0.15, 0.2) is 0 Å². The summed E-state index contributed by atoms with van der Waals surface area (Å²) in [7, 11) is 0. The molecule has 86 valence electrons. The average molecular weight is 511 g/mol. The third kappa shape index (κ3) is 2.81. The molecule has 0 aliphatic heterocycles. The molecule has 2 aromatic rings. The lowest BCUT2D eigenvalue weighted by atomic mass is 10.2. The number of hydrogen-bond donors (Lipinski definition) is 1. The van der Waals surface area contributed by atoms with Gasteiger partial charge in [-0.3, -0.25) is 0 Å². The predicted octanol–water partition coefficient (Wildman–Crippen LogP) is 5.91. The van der Waals surface area contributed by atoms with E-state index in [9.17, 15) is 0 Å². The van der Waals surface area contributed by atoms with Gasteiger partial charge in [-0.05, 0) is 75.9 Å². The van der Waals surface area contributed by atoms with Gasteiger partial charge >= 0.3 is 0 Å². The van der Waals surface area contributed by atoms with E-state index in [4.69, 9.17) is 5.73 Å². The van der Waals surface area contributed by atoms with Crippen molar-refractivity contribution in [2.45, 2.75) is 6.04 Å². The molecule has 0 aliphatic carbocycles. The molecule has 0 fully saturated rings. The topological polar surface area (TPSA) is 26.0 Å². The first-order valence-electron chi connectivity index (χ1n) is 4.14. The molecule has 7 heteroatoms. The summed E-state index contributed by atoms with van der Waals surface area (Å²) in [6.07, 6.45) is 0. The van der Waals surface area contributed by atoms with E-state index in [0.29, 0.717) is 0 Å². The Morgan fingerprint density at radius 2 is 1.25 bits per heavy atom. The fourth-order valence-electron chi connectivity index (χ4n) is 1.17. The van der Waals surface area contributed by atoms with Gasteiger partial charge in [-0.2, -0.15) is 0 Å². The van der Waals surface area contributed by atoms with Crippen LogP contribution in [0.25, 0.3) is 0 Å². The minimum atomic E-state index is -0.0693. The molecule has 0 saturated carbocycles. The van der Waals surface area contributed by atoms with Crippen molar-refractivity contribution < 1.29 is 0 Å². The second-order valence-electron chi connectivity index (χ2n) is 3.02. The van der Waals surface area contributed by atoms with Gasteiger partial charge in [0.25, 0.3) is 0 Å². The summed E-state index contributed by atoms with van der Waals surface area (Å²) in [6.45, 7) is 0. The van der Waals surface area contributed by atoms with E-state index in [1.54, 1.807) is 22.7 Å². The Hall–Kier alpha value is 1.28. The van der Waals surface area contributed by atoms with E-state index < -0.39 is 0 Å². The minimum Gasteiger partial charge on any atom is -0.319 e. The van der Waals surface area contributed by atoms with E-state index in [1.165, 1.54) is 0 Å². The first-order chi connectivity index (χ1) is 7.49. The van der Waals surface area contributed by atoms with Gasteiger partial charge < -0.3 is 5.73 Å². The van der Waals surface area contributed by atoms with E-state index in [2.05, 4.69) is 75.9 Å². The Kier molecular flexibility index (Phi) is 4.71. The summed E-state index contributed by atoms with van der Waals surface area (Å²) in [4.78, 5) is 2.28. The molecule has 0 aromatic carbocycles. The van der Waals surface area contributed by atoms with Gasteiger partial charge in [0.2, 0.25) is 0 Å². The van der Waals surface area contributed by atoms with E-state index in [0.717, 1.165) is 26.3 Å². The first-order valence-corrected chi connectivity index (χ1v) is 8.94. The smallest absolute Gasteiger partial charge is 0.0843 e. The summed E-state index contributed by atoms with van der Waals surface area (Å²) >= 11 is 17.2. The highest BCUT2D eigenvalue weighted by Crippen LogP contribution is 2.41. The van der Waals surface area contributed by atoms with E-state index in [-0.39, 0.29) is 6.04 Å². The fraction of sp³-hybridized carbons (Fsp3) is 0.111. The second kappa shape index (κ2) is 5.50. The lowest BCUT2D eigenvalue weighted by Crippen LogP contribution is -2.07. The predicted molar refractivity (Wildman–Crippen MR) is 85.5 cm³/mol. The number of thiophene rings is 2. The molecule has 0 radical (unpaired) electrons. The highest BCUT2D eigenvalue weighted by atomic mass is 79.9. The highest BCUT2D eigenvalue weighted by Gasteiger charge is 2.17. The number of nitrogens with two attached hydrogens (primary N) is 1. The van der Waals surface area contributed by atoms with Crippen molar-refractivity contribution in [3.8, 4) is 0 Å². The number of hydrogen-bond acceptors (Lipinski definition) is 3.